The highest BCUT2D eigenvalue weighted by molar-refractivity contribution is 5.90. The van der Waals surface area contributed by atoms with Crippen molar-refractivity contribution in [3.63, 3.8) is 0 Å². The SMILES string of the molecule is CC(C)C(NC(=O)Cc1ccc2ccccc2c1)C(=O)N1CCOC(c2ccc(F)cc2)C1. The molecule has 1 heterocycles. The molecule has 0 bridgehead atoms. The van der Waals surface area contributed by atoms with Crippen LogP contribution in [-0.4, -0.2) is 42.5 Å². The van der Waals surface area contributed by atoms with Crippen molar-refractivity contribution in [1.82, 2.24) is 10.2 Å². The summed E-state index contributed by atoms with van der Waals surface area (Å²) >= 11 is 0. The van der Waals surface area contributed by atoms with Crippen molar-refractivity contribution in [2.24, 2.45) is 5.92 Å². The van der Waals surface area contributed by atoms with E-state index in [4.69, 9.17) is 4.74 Å². The maximum absolute atomic E-state index is 13.3. The summed E-state index contributed by atoms with van der Waals surface area (Å²) < 4.78 is 19.1. The van der Waals surface area contributed by atoms with E-state index in [1.807, 2.05) is 56.3 Å². The van der Waals surface area contributed by atoms with Crippen LogP contribution in [0.15, 0.2) is 66.7 Å². The van der Waals surface area contributed by atoms with Crippen LogP contribution in [0.2, 0.25) is 0 Å². The number of benzene rings is 3. The molecule has 2 unspecified atom stereocenters. The molecule has 5 nitrogen and oxygen atoms in total. The Hall–Kier alpha value is -3.25. The van der Waals surface area contributed by atoms with Crippen molar-refractivity contribution >= 4 is 22.6 Å². The van der Waals surface area contributed by atoms with Crippen molar-refractivity contribution in [1.29, 1.82) is 0 Å². The Morgan fingerprint density at radius 2 is 1.79 bits per heavy atom. The van der Waals surface area contributed by atoms with E-state index >= 15 is 0 Å². The summed E-state index contributed by atoms with van der Waals surface area (Å²) in [7, 11) is 0. The Labute approximate surface area is 193 Å². The molecular formula is C27H29FN2O3. The lowest BCUT2D eigenvalue weighted by atomic mass is 10.00. The second kappa shape index (κ2) is 10.1. The van der Waals surface area contributed by atoms with Crippen LogP contribution in [0.1, 0.15) is 31.1 Å². The van der Waals surface area contributed by atoms with Gasteiger partial charge in [0.1, 0.15) is 18.0 Å². The van der Waals surface area contributed by atoms with Crippen LogP contribution in [0.5, 0.6) is 0 Å². The number of rotatable bonds is 6. The Morgan fingerprint density at radius 3 is 2.52 bits per heavy atom. The van der Waals surface area contributed by atoms with Crippen LogP contribution in [0.25, 0.3) is 10.8 Å². The third kappa shape index (κ3) is 5.57. The Kier molecular flexibility index (Phi) is 7.04. The molecule has 172 valence electrons. The molecule has 3 aromatic carbocycles. The number of amides is 2. The second-order valence-corrected chi connectivity index (χ2v) is 8.84. The van der Waals surface area contributed by atoms with Gasteiger partial charge in [-0.1, -0.05) is 68.4 Å². The summed E-state index contributed by atoms with van der Waals surface area (Å²) in [6, 6.07) is 19.5. The highest BCUT2D eigenvalue weighted by atomic mass is 19.1. The lowest BCUT2D eigenvalue weighted by Gasteiger charge is -2.36. The maximum Gasteiger partial charge on any atom is 0.245 e. The van der Waals surface area contributed by atoms with E-state index in [0.29, 0.717) is 19.7 Å². The van der Waals surface area contributed by atoms with E-state index in [-0.39, 0.29) is 36.1 Å². The van der Waals surface area contributed by atoms with Crippen molar-refractivity contribution in [2.75, 3.05) is 19.7 Å². The average molecular weight is 449 g/mol. The second-order valence-electron chi connectivity index (χ2n) is 8.84. The molecule has 2 amide bonds. The van der Waals surface area contributed by atoms with E-state index in [2.05, 4.69) is 5.32 Å². The number of halogens is 1. The highest BCUT2D eigenvalue weighted by Crippen LogP contribution is 2.24. The monoisotopic (exact) mass is 448 g/mol. The van der Waals surface area contributed by atoms with Crippen molar-refractivity contribution in [3.05, 3.63) is 83.7 Å². The van der Waals surface area contributed by atoms with Gasteiger partial charge in [0.05, 0.1) is 19.6 Å². The molecule has 1 saturated heterocycles. The molecule has 2 atom stereocenters. The third-order valence-electron chi connectivity index (χ3n) is 6.05. The van der Waals surface area contributed by atoms with Gasteiger partial charge in [0, 0.05) is 6.54 Å². The quantitative estimate of drug-likeness (QED) is 0.613. The predicted octanol–water partition coefficient (Wildman–Crippen LogP) is 4.26. The standard InChI is InChI=1S/C27H29FN2O3/c1-18(2)26(29-25(31)16-19-7-8-20-5-3-4-6-22(20)15-19)27(32)30-13-14-33-24(17-30)21-9-11-23(28)12-10-21/h3-12,15,18,24,26H,13-14,16-17H2,1-2H3,(H,29,31). The van der Waals surface area contributed by atoms with E-state index in [1.54, 1.807) is 17.0 Å². The first-order valence-electron chi connectivity index (χ1n) is 11.3. The third-order valence-corrected chi connectivity index (χ3v) is 6.05. The van der Waals surface area contributed by atoms with Crippen LogP contribution >= 0.6 is 0 Å². The molecule has 0 aromatic heterocycles. The molecule has 0 saturated carbocycles. The summed E-state index contributed by atoms with van der Waals surface area (Å²) in [5, 5.41) is 5.16. The first-order chi connectivity index (χ1) is 15.9. The number of morpholine rings is 1. The smallest absolute Gasteiger partial charge is 0.245 e. The predicted molar refractivity (Wildman–Crippen MR) is 126 cm³/mol. The minimum Gasteiger partial charge on any atom is -0.370 e. The minimum absolute atomic E-state index is 0.0647. The van der Waals surface area contributed by atoms with Crippen LogP contribution in [-0.2, 0) is 20.7 Å². The number of carbonyl (C=O) groups excluding carboxylic acids is 2. The van der Waals surface area contributed by atoms with Crippen LogP contribution in [0.3, 0.4) is 0 Å². The van der Waals surface area contributed by atoms with Gasteiger partial charge in [-0.05, 0) is 39.9 Å². The molecule has 4 rings (SSSR count). The van der Waals surface area contributed by atoms with Crippen LogP contribution < -0.4 is 5.32 Å². The van der Waals surface area contributed by atoms with E-state index in [0.717, 1.165) is 21.9 Å². The Morgan fingerprint density at radius 1 is 1.06 bits per heavy atom. The molecule has 0 radical (unpaired) electrons. The minimum atomic E-state index is -0.620. The van der Waals surface area contributed by atoms with Crippen LogP contribution in [0, 0.1) is 11.7 Å². The van der Waals surface area contributed by atoms with Gasteiger partial charge >= 0.3 is 0 Å². The first-order valence-corrected chi connectivity index (χ1v) is 11.3. The molecular weight excluding hydrogens is 419 g/mol. The summed E-state index contributed by atoms with van der Waals surface area (Å²) in [5.41, 5.74) is 1.74. The topological polar surface area (TPSA) is 58.6 Å². The van der Waals surface area contributed by atoms with Gasteiger partial charge in [-0.2, -0.15) is 0 Å². The summed E-state index contributed by atoms with van der Waals surface area (Å²) in [6.07, 6.45) is -0.104. The number of nitrogens with zero attached hydrogens (tertiary/aromatic N) is 1. The fourth-order valence-electron chi connectivity index (χ4n) is 4.20. The molecule has 0 spiro atoms. The van der Waals surface area contributed by atoms with Gasteiger partial charge in [-0.3, -0.25) is 9.59 Å². The first kappa shape index (κ1) is 22.9. The maximum atomic E-state index is 13.3. The van der Waals surface area contributed by atoms with Gasteiger partial charge in [-0.15, -0.1) is 0 Å². The summed E-state index contributed by atoms with van der Waals surface area (Å²) in [4.78, 5) is 27.9. The number of nitrogens with one attached hydrogen (secondary N) is 1. The van der Waals surface area contributed by atoms with Crippen molar-refractivity contribution in [3.8, 4) is 0 Å². The van der Waals surface area contributed by atoms with E-state index < -0.39 is 6.04 Å². The highest BCUT2D eigenvalue weighted by Gasteiger charge is 2.32. The van der Waals surface area contributed by atoms with Crippen molar-refractivity contribution in [2.45, 2.75) is 32.4 Å². The van der Waals surface area contributed by atoms with Gasteiger partial charge in [0.15, 0.2) is 0 Å². The lowest BCUT2D eigenvalue weighted by Crippen LogP contribution is -2.54. The van der Waals surface area contributed by atoms with E-state index in [1.165, 1.54) is 12.1 Å². The fraction of sp³-hybridized carbons (Fsp3) is 0.333. The molecule has 0 aliphatic carbocycles. The zero-order valence-corrected chi connectivity index (χ0v) is 19.0. The van der Waals surface area contributed by atoms with Gasteiger partial charge in [-0.25, -0.2) is 4.39 Å². The molecule has 1 aliphatic heterocycles. The van der Waals surface area contributed by atoms with Gasteiger partial charge < -0.3 is 15.0 Å². The molecule has 1 fully saturated rings. The number of hydrogen-bond donors (Lipinski definition) is 1. The summed E-state index contributed by atoms with van der Waals surface area (Å²) in [6.45, 7) is 5.08. The molecule has 1 aliphatic rings. The van der Waals surface area contributed by atoms with Crippen LogP contribution in [0.4, 0.5) is 4.39 Å². The number of carbonyl (C=O) groups is 2. The number of ether oxygens (including phenoxy) is 1. The zero-order chi connectivity index (χ0) is 23.4. The normalized spacial score (nSPS) is 17.2. The summed E-state index contributed by atoms with van der Waals surface area (Å²) in [5.74, 6) is -0.672. The molecule has 6 heteroatoms. The van der Waals surface area contributed by atoms with Crippen molar-refractivity contribution < 1.29 is 18.7 Å². The fourth-order valence-corrected chi connectivity index (χ4v) is 4.20. The van der Waals surface area contributed by atoms with Gasteiger partial charge in [0.2, 0.25) is 11.8 Å². The van der Waals surface area contributed by atoms with Gasteiger partial charge in [0.25, 0.3) is 0 Å². The lowest BCUT2D eigenvalue weighted by molar-refractivity contribution is -0.144. The number of fused-ring (bicyclic) bond motifs is 1. The molecule has 1 N–H and O–H groups in total. The molecule has 3 aromatic rings. The zero-order valence-electron chi connectivity index (χ0n) is 19.0. The van der Waals surface area contributed by atoms with E-state index in [9.17, 15) is 14.0 Å². The Bertz CT molecular complexity index is 1130. The number of hydrogen-bond acceptors (Lipinski definition) is 3. The molecule has 33 heavy (non-hydrogen) atoms. The average Bonchev–Trinajstić information content (AvgIpc) is 2.82. The Balaban J connectivity index is 1.41. The largest absolute Gasteiger partial charge is 0.370 e.